The van der Waals surface area contributed by atoms with E-state index in [1.54, 1.807) is 16.7 Å². The van der Waals surface area contributed by atoms with Crippen LogP contribution in [0.4, 0.5) is 0 Å². The number of carbonyl (C=O) groups is 1. The van der Waals surface area contributed by atoms with Crippen molar-refractivity contribution in [1.29, 1.82) is 5.26 Å². The Morgan fingerprint density at radius 3 is 2.51 bits per heavy atom. The van der Waals surface area contributed by atoms with Gasteiger partial charge in [-0.2, -0.15) is 5.26 Å². The standard InChI is InChI=1S/C28H24ClN3O2S/c29-26-9-5-4-8-22(26)17-34-23-12-10-21(11-13-23)24-14-27(33)32-18-31(16-20-6-2-1-3-7-20)19-35-28(32)25(24)15-30/h1-13,24H,14,16-19H2. The van der Waals surface area contributed by atoms with Crippen LogP contribution in [0.3, 0.4) is 0 Å². The fourth-order valence-corrected chi connectivity index (χ4v) is 5.73. The third-order valence-corrected chi connectivity index (χ3v) is 7.81. The third kappa shape index (κ3) is 5.23. The first-order chi connectivity index (χ1) is 17.1. The van der Waals surface area contributed by atoms with E-state index in [0.29, 0.717) is 29.6 Å². The Balaban J connectivity index is 1.29. The molecule has 0 aliphatic carbocycles. The number of amides is 1. The highest BCUT2D eigenvalue weighted by atomic mass is 35.5. The van der Waals surface area contributed by atoms with Gasteiger partial charge in [-0.15, -0.1) is 0 Å². The van der Waals surface area contributed by atoms with E-state index in [2.05, 4.69) is 23.1 Å². The normalized spacial score (nSPS) is 18.2. The van der Waals surface area contributed by atoms with Gasteiger partial charge in [0.25, 0.3) is 0 Å². The molecule has 2 aliphatic rings. The second-order valence-corrected chi connectivity index (χ2v) is 9.93. The number of allylic oxidation sites excluding steroid dienone is 1. The number of halogens is 1. The number of benzene rings is 3. The topological polar surface area (TPSA) is 56.6 Å². The second kappa shape index (κ2) is 10.6. The molecule has 3 aromatic rings. The number of nitriles is 1. The summed E-state index contributed by atoms with van der Waals surface area (Å²) in [5.74, 6) is 1.26. The molecule has 7 heteroatoms. The van der Waals surface area contributed by atoms with Crippen molar-refractivity contribution in [3.8, 4) is 11.8 Å². The van der Waals surface area contributed by atoms with E-state index in [0.717, 1.165) is 28.6 Å². The number of thioether (sulfide) groups is 1. The molecule has 2 aliphatic heterocycles. The Labute approximate surface area is 214 Å². The lowest BCUT2D eigenvalue weighted by molar-refractivity contribution is -0.131. The van der Waals surface area contributed by atoms with Crippen LogP contribution in [0.5, 0.6) is 5.75 Å². The predicted molar refractivity (Wildman–Crippen MR) is 138 cm³/mol. The molecule has 0 bridgehead atoms. The van der Waals surface area contributed by atoms with Crippen molar-refractivity contribution in [2.75, 3.05) is 12.5 Å². The Kier molecular flexibility index (Phi) is 7.10. The fraction of sp³-hybridized carbons (Fsp3) is 0.214. The van der Waals surface area contributed by atoms with Gasteiger partial charge < -0.3 is 4.74 Å². The van der Waals surface area contributed by atoms with Gasteiger partial charge in [-0.3, -0.25) is 14.6 Å². The maximum atomic E-state index is 13.1. The summed E-state index contributed by atoms with van der Waals surface area (Å²) in [4.78, 5) is 17.1. The van der Waals surface area contributed by atoms with Crippen LogP contribution < -0.4 is 4.74 Å². The summed E-state index contributed by atoms with van der Waals surface area (Å²) in [6.07, 6.45) is 0.284. The SMILES string of the molecule is N#CC1=C2SCN(Cc3ccccc3)CN2C(=O)CC1c1ccc(OCc2ccccc2Cl)cc1. The highest BCUT2D eigenvalue weighted by Crippen LogP contribution is 2.43. The minimum Gasteiger partial charge on any atom is -0.489 e. The number of rotatable bonds is 6. The highest BCUT2D eigenvalue weighted by molar-refractivity contribution is 8.03. The van der Waals surface area contributed by atoms with Gasteiger partial charge in [0.1, 0.15) is 12.4 Å². The van der Waals surface area contributed by atoms with Crippen molar-refractivity contribution in [3.63, 3.8) is 0 Å². The first-order valence-corrected chi connectivity index (χ1v) is 12.8. The number of ether oxygens (including phenoxy) is 1. The van der Waals surface area contributed by atoms with E-state index in [9.17, 15) is 10.1 Å². The summed E-state index contributed by atoms with van der Waals surface area (Å²) in [6.45, 7) is 1.65. The molecule has 1 fully saturated rings. The lowest BCUT2D eigenvalue weighted by atomic mass is 9.86. The Bertz CT molecular complexity index is 1290. The van der Waals surface area contributed by atoms with Gasteiger partial charge >= 0.3 is 0 Å². The molecular weight excluding hydrogens is 478 g/mol. The maximum Gasteiger partial charge on any atom is 0.229 e. The molecule has 0 N–H and O–H groups in total. The van der Waals surface area contributed by atoms with Crippen LogP contribution in [0.1, 0.15) is 29.0 Å². The number of hydrogen-bond acceptors (Lipinski definition) is 5. The minimum absolute atomic E-state index is 0.0494. The van der Waals surface area contributed by atoms with Gasteiger partial charge in [-0.25, -0.2) is 0 Å². The van der Waals surface area contributed by atoms with Gasteiger partial charge in [0, 0.05) is 29.5 Å². The lowest BCUT2D eigenvalue weighted by Gasteiger charge is -2.41. The van der Waals surface area contributed by atoms with Gasteiger partial charge in [-0.05, 0) is 29.3 Å². The van der Waals surface area contributed by atoms with E-state index in [1.807, 2.05) is 66.7 Å². The van der Waals surface area contributed by atoms with Crippen molar-refractivity contribution >= 4 is 29.3 Å². The molecule has 1 unspecified atom stereocenters. The first kappa shape index (κ1) is 23.5. The summed E-state index contributed by atoms with van der Waals surface area (Å²) < 4.78 is 5.89. The van der Waals surface area contributed by atoms with E-state index < -0.39 is 0 Å². The average Bonchev–Trinajstić information content (AvgIpc) is 2.89. The minimum atomic E-state index is -0.246. The quantitative estimate of drug-likeness (QED) is 0.406. The lowest BCUT2D eigenvalue weighted by Crippen LogP contribution is -2.46. The highest BCUT2D eigenvalue weighted by Gasteiger charge is 2.38. The average molecular weight is 502 g/mol. The Hall–Kier alpha value is -3.24. The molecule has 1 saturated heterocycles. The van der Waals surface area contributed by atoms with Crippen LogP contribution >= 0.6 is 23.4 Å². The molecule has 0 saturated carbocycles. The largest absolute Gasteiger partial charge is 0.489 e. The van der Waals surface area contributed by atoms with Crippen molar-refractivity contribution in [2.45, 2.75) is 25.5 Å². The van der Waals surface area contributed by atoms with Crippen LogP contribution in [0.2, 0.25) is 5.02 Å². The van der Waals surface area contributed by atoms with Gasteiger partial charge in [0.05, 0.1) is 29.2 Å². The molecule has 0 radical (unpaired) electrons. The Morgan fingerprint density at radius 2 is 1.77 bits per heavy atom. The smallest absolute Gasteiger partial charge is 0.229 e. The molecule has 1 amide bonds. The molecule has 176 valence electrons. The number of hydrogen-bond donors (Lipinski definition) is 0. The van der Waals surface area contributed by atoms with E-state index in [-0.39, 0.29) is 18.2 Å². The number of fused-ring (bicyclic) bond motifs is 1. The molecule has 1 atom stereocenters. The summed E-state index contributed by atoms with van der Waals surface area (Å²) >= 11 is 7.78. The Morgan fingerprint density at radius 1 is 1.03 bits per heavy atom. The van der Waals surface area contributed by atoms with Crippen molar-refractivity contribution in [2.24, 2.45) is 0 Å². The van der Waals surface area contributed by atoms with E-state index in [1.165, 1.54) is 5.56 Å². The monoisotopic (exact) mass is 501 g/mol. The summed E-state index contributed by atoms with van der Waals surface area (Å²) in [5.41, 5.74) is 3.74. The molecule has 0 spiro atoms. The molecule has 35 heavy (non-hydrogen) atoms. The molecular formula is C28H24ClN3O2S. The van der Waals surface area contributed by atoms with Crippen molar-refractivity contribution in [1.82, 2.24) is 9.80 Å². The third-order valence-electron chi connectivity index (χ3n) is 6.23. The molecule has 3 aromatic carbocycles. The van der Waals surface area contributed by atoms with E-state index in [4.69, 9.17) is 16.3 Å². The summed E-state index contributed by atoms with van der Waals surface area (Å²) in [6, 6.07) is 27.9. The zero-order valence-corrected chi connectivity index (χ0v) is 20.6. The molecule has 5 rings (SSSR count). The second-order valence-electron chi connectivity index (χ2n) is 8.59. The van der Waals surface area contributed by atoms with Crippen LogP contribution in [-0.4, -0.2) is 28.3 Å². The number of nitrogens with zero attached hydrogens (tertiary/aromatic N) is 3. The van der Waals surface area contributed by atoms with Crippen molar-refractivity contribution < 1.29 is 9.53 Å². The predicted octanol–water partition coefficient (Wildman–Crippen LogP) is 6.13. The van der Waals surface area contributed by atoms with Crippen LogP contribution in [0.25, 0.3) is 0 Å². The van der Waals surface area contributed by atoms with Gasteiger partial charge in [-0.1, -0.05) is 84.0 Å². The molecule has 0 aromatic heterocycles. The molecule has 5 nitrogen and oxygen atoms in total. The van der Waals surface area contributed by atoms with Crippen molar-refractivity contribution in [3.05, 3.63) is 111 Å². The zero-order chi connectivity index (χ0) is 24.2. The fourth-order valence-electron chi connectivity index (χ4n) is 4.41. The number of carbonyl (C=O) groups excluding carboxylic acids is 1. The maximum absolute atomic E-state index is 13.1. The van der Waals surface area contributed by atoms with Crippen LogP contribution in [0.15, 0.2) is 89.5 Å². The summed E-state index contributed by atoms with van der Waals surface area (Å²) in [7, 11) is 0. The first-order valence-electron chi connectivity index (χ1n) is 11.4. The van der Waals surface area contributed by atoms with Crippen LogP contribution in [0, 0.1) is 11.3 Å². The summed E-state index contributed by atoms with van der Waals surface area (Å²) in [5, 5.41) is 11.5. The van der Waals surface area contributed by atoms with Gasteiger partial charge in [0.15, 0.2) is 0 Å². The van der Waals surface area contributed by atoms with Gasteiger partial charge in [0.2, 0.25) is 5.91 Å². The van der Waals surface area contributed by atoms with Crippen LogP contribution in [-0.2, 0) is 17.9 Å². The molecule has 2 heterocycles. The van der Waals surface area contributed by atoms with E-state index >= 15 is 0 Å². The zero-order valence-electron chi connectivity index (χ0n) is 19.1.